The van der Waals surface area contributed by atoms with E-state index in [-0.39, 0.29) is 57.3 Å². The van der Waals surface area contributed by atoms with Crippen molar-refractivity contribution in [1.29, 1.82) is 0 Å². The van der Waals surface area contributed by atoms with E-state index in [4.69, 9.17) is 9.47 Å². The van der Waals surface area contributed by atoms with Crippen molar-refractivity contribution in [1.82, 2.24) is 4.90 Å². The molecular formula is C38H61NO4. The Labute approximate surface area is 262 Å². The molecule has 5 nitrogen and oxygen atoms in total. The first-order valence-electron chi connectivity index (χ1n) is 17.9. The number of amides is 1. The van der Waals surface area contributed by atoms with E-state index in [1.165, 1.54) is 56.9 Å². The first-order chi connectivity index (χ1) is 20.1. The van der Waals surface area contributed by atoms with Crippen LogP contribution in [0.15, 0.2) is 12.2 Å². The first kappa shape index (κ1) is 31.6. The van der Waals surface area contributed by atoms with Gasteiger partial charge in [0.15, 0.2) is 6.10 Å². The number of nitrogens with zero attached hydrogens (tertiary/aromatic N) is 1. The molecule has 0 unspecified atom stereocenters. The Hall–Kier alpha value is -1.36. The molecule has 0 aromatic carbocycles. The number of carbonyl (C=O) groups is 2. The highest BCUT2D eigenvalue weighted by molar-refractivity contribution is 5.84. The van der Waals surface area contributed by atoms with E-state index in [1.807, 2.05) is 4.90 Å². The molecule has 1 heterocycles. The number of hydrogen-bond acceptors (Lipinski definition) is 4. The maximum absolute atomic E-state index is 13.5. The zero-order valence-corrected chi connectivity index (χ0v) is 28.9. The van der Waals surface area contributed by atoms with Gasteiger partial charge in [-0.25, -0.2) is 0 Å². The molecule has 43 heavy (non-hydrogen) atoms. The molecule has 12 atom stereocenters. The van der Waals surface area contributed by atoms with E-state index in [0.717, 1.165) is 25.9 Å². The van der Waals surface area contributed by atoms with Gasteiger partial charge in [-0.1, -0.05) is 46.8 Å². The van der Waals surface area contributed by atoms with E-state index in [1.54, 1.807) is 6.92 Å². The number of allylic oxidation sites excluding steroid dienone is 1. The molecule has 1 saturated heterocycles. The van der Waals surface area contributed by atoms with Crippen LogP contribution in [0.25, 0.3) is 0 Å². The van der Waals surface area contributed by atoms with Gasteiger partial charge < -0.3 is 14.4 Å². The second kappa shape index (κ2) is 10.3. The third-order valence-electron chi connectivity index (χ3n) is 15.8. The molecule has 5 saturated carbocycles. The summed E-state index contributed by atoms with van der Waals surface area (Å²) in [4.78, 5) is 27.5. The van der Waals surface area contributed by atoms with E-state index >= 15 is 0 Å². The van der Waals surface area contributed by atoms with Crippen LogP contribution in [-0.4, -0.2) is 48.2 Å². The Morgan fingerprint density at radius 3 is 2.16 bits per heavy atom. The van der Waals surface area contributed by atoms with Gasteiger partial charge in [0.25, 0.3) is 5.91 Å². The molecule has 0 radical (unpaired) electrons. The van der Waals surface area contributed by atoms with Crippen LogP contribution >= 0.6 is 0 Å². The molecule has 1 amide bonds. The Morgan fingerprint density at radius 2 is 1.53 bits per heavy atom. The number of hydrogen-bond donors (Lipinski definition) is 0. The third kappa shape index (κ3) is 4.24. The maximum Gasteiger partial charge on any atom is 0.302 e. The molecule has 0 aromatic heterocycles. The minimum absolute atomic E-state index is 0.00824. The average molecular weight is 596 g/mol. The number of rotatable bonds is 6. The van der Waals surface area contributed by atoms with Gasteiger partial charge in [-0.3, -0.25) is 9.59 Å². The lowest BCUT2D eigenvalue weighted by molar-refractivity contribution is -0.250. The molecule has 6 rings (SSSR count). The molecular weight excluding hydrogens is 534 g/mol. The topological polar surface area (TPSA) is 59.1 Å². The minimum Gasteiger partial charge on any atom is -0.462 e. The average Bonchev–Trinajstić information content (AvgIpc) is 3.64. The number of carbonyl (C=O) groups excluding carboxylic acids is 2. The first-order valence-corrected chi connectivity index (χ1v) is 17.9. The molecule has 5 heteroatoms. The van der Waals surface area contributed by atoms with E-state index in [2.05, 4.69) is 62.0 Å². The molecule has 5 aliphatic carbocycles. The molecule has 0 N–H and O–H groups in total. The van der Waals surface area contributed by atoms with Crippen molar-refractivity contribution in [2.75, 3.05) is 13.1 Å². The fraction of sp³-hybridized carbons (Fsp3) is 0.895. The van der Waals surface area contributed by atoms with Crippen molar-refractivity contribution in [2.45, 2.75) is 145 Å². The Balaban J connectivity index is 1.32. The van der Waals surface area contributed by atoms with Gasteiger partial charge in [0.05, 0.1) is 6.10 Å². The van der Waals surface area contributed by atoms with Crippen molar-refractivity contribution < 1.29 is 19.1 Å². The molecule has 242 valence electrons. The lowest BCUT2D eigenvalue weighted by Crippen LogP contribution is -2.67. The zero-order chi connectivity index (χ0) is 31.3. The van der Waals surface area contributed by atoms with Crippen molar-refractivity contribution in [2.24, 2.45) is 56.7 Å². The fourth-order valence-electron chi connectivity index (χ4n) is 13.5. The van der Waals surface area contributed by atoms with Gasteiger partial charge in [-0.2, -0.15) is 0 Å². The largest absolute Gasteiger partial charge is 0.462 e. The van der Waals surface area contributed by atoms with Gasteiger partial charge in [0, 0.05) is 30.8 Å². The molecule has 6 aliphatic rings. The summed E-state index contributed by atoms with van der Waals surface area (Å²) in [5.41, 5.74) is 2.25. The van der Waals surface area contributed by atoms with Crippen LogP contribution in [0, 0.1) is 56.7 Å². The number of likely N-dealkylation sites (N-methyl/N-ethyl adjacent to an activating group) is 1. The summed E-state index contributed by atoms with van der Waals surface area (Å²) in [6.45, 7) is 26.8. The summed E-state index contributed by atoms with van der Waals surface area (Å²) in [5, 5.41) is 0. The third-order valence-corrected chi connectivity index (χ3v) is 15.8. The number of ether oxygens (including phenoxy) is 2. The van der Waals surface area contributed by atoms with Gasteiger partial charge in [-0.05, 0) is 131 Å². The van der Waals surface area contributed by atoms with Crippen LogP contribution < -0.4 is 0 Å². The van der Waals surface area contributed by atoms with Gasteiger partial charge in [0.2, 0.25) is 0 Å². The summed E-state index contributed by atoms with van der Waals surface area (Å²) in [7, 11) is 0. The van der Waals surface area contributed by atoms with Crippen molar-refractivity contribution >= 4 is 11.9 Å². The van der Waals surface area contributed by atoms with E-state index < -0.39 is 0 Å². The Kier molecular flexibility index (Phi) is 7.59. The molecule has 0 aromatic rings. The Morgan fingerprint density at radius 1 is 0.837 bits per heavy atom. The SMILES string of the molecule is C=C(C)[C@@H]1CC[C@]2([C@@H]3O[C@H]3C(=O)N(CC)CC)CC[C@]3(C)[C@H](CC[C@@H]4[C@@]5(C)CC[C@H](OC(C)=O)C(C)(C)[C@@H]5CC[C@]43C)[C@@H]12. The van der Waals surface area contributed by atoms with Gasteiger partial charge >= 0.3 is 5.97 Å². The van der Waals surface area contributed by atoms with Crippen molar-refractivity contribution in [3.63, 3.8) is 0 Å². The summed E-state index contributed by atoms with van der Waals surface area (Å²) < 4.78 is 12.4. The second-order valence-corrected chi connectivity index (χ2v) is 17.4. The molecule has 6 fully saturated rings. The standard InChI is InChI=1S/C38H61NO4/c1-11-39(12-2)33(41)31-32(43-31)38-20-15-25(23(3)4)30(38)26-13-14-28-35(8)18-17-29(42-24(5)40)34(6,7)27(35)16-19-37(28,10)36(26,9)21-22-38/h25-32H,3,11-22H2,1-2,4-10H3/t25-,26+,27-,28+,29-,30+,31+,32+,35-,36+,37+,38-/m0/s1. The van der Waals surface area contributed by atoms with Gasteiger partial charge in [-0.15, -0.1) is 0 Å². The van der Waals surface area contributed by atoms with Crippen molar-refractivity contribution in [3.05, 3.63) is 12.2 Å². The molecule has 0 spiro atoms. The second-order valence-electron chi connectivity index (χ2n) is 17.4. The predicted octanol–water partition coefficient (Wildman–Crippen LogP) is 8.21. The van der Waals surface area contributed by atoms with Crippen molar-refractivity contribution in [3.8, 4) is 0 Å². The van der Waals surface area contributed by atoms with Crippen LogP contribution in [0.5, 0.6) is 0 Å². The van der Waals surface area contributed by atoms with E-state index in [0.29, 0.717) is 29.6 Å². The van der Waals surface area contributed by atoms with E-state index in [9.17, 15) is 9.59 Å². The molecule has 0 bridgehead atoms. The summed E-state index contributed by atoms with van der Waals surface area (Å²) in [5.74, 6) is 3.07. The fourth-order valence-corrected chi connectivity index (χ4v) is 13.5. The van der Waals surface area contributed by atoms with Crippen LogP contribution in [0.4, 0.5) is 0 Å². The highest BCUT2D eigenvalue weighted by atomic mass is 16.6. The summed E-state index contributed by atoms with van der Waals surface area (Å²) in [6, 6.07) is 0. The quantitative estimate of drug-likeness (QED) is 0.176. The number of fused-ring (bicyclic) bond motifs is 7. The Bertz CT molecular complexity index is 1160. The maximum atomic E-state index is 13.5. The number of esters is 1. The zero-order valence-electron chi connectivity index (χ0n) is 28.9. The summed E-state index contributed by atoms with van der Waals surface area (Å²) in [6.07, 6.45) is 11.9. The number of epoxide rings is 1. The lowest BCUT2D eigenvalue weighted by atomic mass is 9.32. The lowest BCUT2D eigenvalue weighted by Gasteiger charge is -2.73. The predicted molar refractivity (Wildman–Crippen MR) is 171 cm³/mol. The summed E-state index contributed by atoms with van der Waals surface area (Å²) >= 11 is 0. The van der Waals surface area contributed by atoms with Crippen LogP contribution in [0.1, 0.15) is 127 Å². The minimum atomic E-state index is -0.244. The normalized spacial score (nSPS) is 49.5. The van der Waals surface area contributed by atoms with Crippen LogP contribution in [0.3, 0.4) is 0 Å². The van der Waals surface area contributed by atoms with Gasteiger partial charge in [0.1, 0.15) is 6.10 Å². The smallest absolute Gasteiger partial charge is 0.302 e. The molecule has 1 aliphatic heterocycles. The van der Waals surface area contributed by atoms with Crippen LogP contribution in [-0.2, 0) is 19.1 Å². The monoisotopic (exact) mass is 595 g/mol. The van der Waals surface area contributed by atoms with Crippen LogP contribution in [0.2, 0.25) is 0 Å². The highest BCUT2D eigenvalue weighted by Crippen LogP contribution is 2.78. The highest BCUT2D eigenvalue weighted by Gasteiger charge is 2.74.